The van der Waals surface area contributed by atoms with Gasteiger partial charge in [0.15, 0.2) is 0 Å². The Morgan fingerprint density at radius 1 is 1.18 bits per heavy atom. The molecule has 0 spiro atoms. The average molecular weight is 343 g/mol. The number of hydrogen-bond donors (Lipinski definition) is 1. The van der Waals surface area contributed by atoms with Crippen LogP contribution >= 0.6 is 23.2 Å². The van der Waals surface area contributed by atoms with Crippen LogP contribution < -0.4 is 0 Å². The number of aliphatic hydroxyl groups is 1. The maximum Gasteiger partial charge on any atom is 0.222 e. The summed E-state index contributed by atoms with van der Waals surface area (Å²) in [6.07, 6.45) is 1.87. The first-order chi connectivity index (χ1) is 10.5. The summed E-state index contributed by atoms with van der Waals surface area (Å²) in [6.45, 7) is 3.34. The van der Waals surface area contributed by atoms with Crippen molar-refractivity contribution >= 4 is 29.1 Å². The van der Waals surface area contributed by atoms with Gasteiger partial charge in [-0.05, 0) is 36.1 Å². The summed E-state index contributed by atoms with van der Waals surface area (Å²) in [4.78, 5) is 15.6. The van der Waals surface area contributed by atoms with Crippen molar-refractivity contribution in [3.8, 4) is 0 Å². The summed E-state index contributed by atoms with van der Waals surface area (Å²) in [7, 11) is 0. The molecule has 120 valence electrons. The molecule has 1 aromatic carbocycles. The van der Waals surface area contributed by atoms with Gasteiger partial charge < -0.3 is 10.0 Å². The molecule has 3 rings (SSSR count). The highest BCUT2D eigenvalue weighted by Crippen LogP contribution is 2.30. The Morgan fingerprint density at radius 2 is 2.00 bits per heavy atom. The predicted molar refractivity (Wildman–Crippen MR) is 87.3 cm³/mol. The largest absolute Gasteiger partial charge is 0.390 e. The lowest BCUT2D eigenvalue weighted by atomic mass is 9.99. The molecule has 1 N–H and O–H groups in total. The second-order valence-corrected chi connectivity index (χ2v) is 6.95. The summed E-state index contributed by atoms with van der Waals surface area (Å²) < 4.78 is 0. The SMILES string of the molecule is O=C1CCCN1CC(O)CN1CCc2cc(Cl)cc(Cl)c2C1. The fourth-order valence-corrected chi connectivity index (χ4v) is 3.90. The standard InChI is InChI=1S/C16H20Cl2N2O2/c17-12-6-11-3-5-19(10-14(11)15(18)7-12)8-13(21)9-20-4-1-2-16(20)22/h6-7,13,21H,1-5,8-10H2. The van der Waals surface area contributed by atoms with Crippen LogP contribution in [0.2, 0.25) is 10.0 Å². The van der Waals surface area contributed by atoms with Crippen molar-refractivity contribution in [2.75, 3.05) is 26.2 Å². The van der Waals surface area contributed by atoms with Crippen molar-refractivity contribution in [3.63, 3.8) is 0 Å². The van der Waals surface area contributed by atoms with Gasteiger partial charge in [0.2, 0.25) is 5.91 Å². The van der Waals surface area contributed by atoms with E-state index in [-0.39, 0.29) is 5.91 Å². The second kappa shape index (κ2) is 6.75. The van der Waals surface area contributed by atoms with Crippen LogP contribution in [0, 0.1) is 0 Å². The van der Waals surface area contributed by atoms with Crippen molar-refractivity contribution in [2.45, 2.75) is 31.9 Å². The van der Waals surface area contributed by atoms with Gasteiger partial charge in [-0.3, -0.25) is 9.69 Å². The first-order valence-corrected chi connectivity index (χ1v) is 8.43. The minimum atomic E-state index is -0.519. The van der Waals surface area contributed by atoms with Crippen LogP contribution in [0.25, 0.3) is 0 Å². The number of fused-ring (bicyclic) bond motifs is 1. The van der Waals surface area contributed by atoms with Gasteiger partial charge in [0.1, 0.15) is 0 Å². The van der Waals surface area contributed by atoms with E-state index in [0.717, 1.165) is 38.0 Å². The summed E-state index contributed by atoms with van der Waals surface area (Å²) in [5.74, 6) is 0.153. The molecule has 1 saturated heterocycles. The number of rotatable bonds is 4. The van der Waals surface area contributed by atoms with E-state index in [0.29, 0.717) is 29.6 Å². The van der Waals surface area contributed by atoms with Crippen molar-refractivity contribution in [1.29, 1.82) is 0 Å². The van der Waals surface area contributed by atoms with Crippen molar-refractivity contribution in [3.05, 3.63) is 33.3 Å². The Hall–Kier alpha value is -0.810. The summed E-state index contributed by atoms with van der Waals surface area (Å²) >= 11 is 12.3. The zero-order valence-corrected chi connectivity index (χ0v) is 13.9. The summed E-state index contributed by atoms with van der Waals surface area (Å²) in [5.41, 5.74) is 2.29. The molecule has 1 fully saturated rings. The monoisotopic (exact) mass is 342 g/mol. The van der Waals surface area contributed by atoms with Crippen LogP contribution in [0.3, 0.4) is 0 Å². The van der Waals surface area contributed by atoms with Gasteiger partial charge in [-0.15, -0.1) is 0 Å². The maximum absolute atomic E-state index is 11.6. The second-order valence-electron chi connectivity index (χ2n) is 6.11. The average Bonchev–Trinajstić information content (AvgIpc) is 2.85. The molecule has 4 nitrogen and oxygen atoms in total. The number of benzene rings is 1. The Kier molecular flexibility index (Phi) is 4.93. The van der Waals surface area contributed by atoms with Gasteiger partial charge in [-0.25, -0.2) is 0 Å². The molecule has 2 heterocycles. The molecule has 0 bridgehead atoms. The number of likely N-dealkylation sites (tertiary alicyclic amines) is 1. The third-order valence-corrected chi connectivity index (χ3v) is 4.96. The van der Waals surface area contributed by atoms with Crippen molar-refractivity contribution in [2.24, 2.45) is 0 Å². The highest BCUT2D eigenvalue weighted by atomic mass is 35.5. The van der Waals surface area contributed by atoms with Crippen LogP contribution in [0.1, 0.15) is 24.0 Å². The van der Waals surface area contributed by atoms with E-state index in [4.69, 9.17) is 23.2 Å². The molecular formula is C16H20Cl2N2O2. The van der Waals surface area contributed by atoms with E-state index in [1.54, 1.807) is 11.0 Å². The molecule has 1 aromatic rings. The summed E-state index contributed by atoms with van der Waals surface area (Å²) in [5, 5.41) is 11.6. The highest BCUT2D eigenvalue weighted by molar-refractivity contribution is 6.35. The molecule has 0 radical (unpaired) electrons. The first kappa shape index (κ1) is 16.1. The number of nitrogens with zero attached hydrogens (tertiary/aromatic N) is 2. The molecule has 2 aliphatic rings. The molecule has 0 aromatic heterocycles. The molecule has 0 saturated carbocycles. The lowest BCUT2D eigenvalue weighted by molar-refractivity contribution is -0.129. The van der Waals surface area contributed by atoms with E-state index in [1.165, 1.54) is 5.56 Å². The molecular weight excluding hydrogens is 323 g/mol. The molecule has 22 heavy (non-hydrogen) atoms. The molecule has 6 heteroatoms. The number of halogens is 2. The number of amides is 1. The van der Waals surface area contributed by atoms with Crippen molar-refractivity contribution < 1.29 is 9.90 Å². The van der Waals surface area contributed by atoms with Crippen molar-refractivity contribution in [1.82, 2.24) is 9.80 Å². The van der Waals surface area contributed by atoms with Crippen LogP contribution in [0.4, 0.5) is 0 Å². The van der Waals surface area contributed by atoms with Gasteiger partial charge in [0, 0.05) is 49.2 Å². The molecule has 0 aliphatic carbocycles. The minimum absolute atomic E-state index is 0.153. The topological polar surface area (TPSA) is 43.8 Å². The normalized spacial score (nSPS) is 20.3. The van der Waals surface area contributed by atoms with E-state index in [2.05, 4.69) is 4.90 Å². The van der Waals surface area contributed by atoms with Gasteiger partial charge >= 0.3 is 0 Å². The Labute approximate surface area is 140 Å². The lowest BCUT2D eigenvalue weighted by Gasteiger charge is -2.32. The van der Waals surface area contributed by atoms with E-state index < -0.39 is 6.10 Å². The van der Waals surface area contributed by atoms with E-state index in [9.17, 15) is 9.90 Å². The number of hydrogen-bond acceptors (Lipinski definition) is 3. The molecule has 1 atom stereocenters. The maximum atomic E-state index is 11.6. The fraction of sp³-hybridized carbons (Fsp3) is 0.562. The van der Waals surface area contributed by atoms with Gasteiger partial charge in [-0.1, -0.05) is 23.2 Å². The molecule has 1 amide bonds. The van der Waals surface area contributed by atoms with Crippen LogP contribution in [-0.2, 0) is 17.8 Å². The smallest absolute Gasteiger partial charge is 0.222 e. The van der Waals surface area contributed by atoms with Crippen LogP contribution in [-0.4, -0.2) is 53.1 Å². The number of aliphatic hydroxyl groups excluding tert-OH is 1. The van der Waals surface area contributed by atoms with Crippen LogP contribution in [0.5, 0.6) is 0 Å². The van der Waals surface area contributed by atoms with Gasteiger partial charge in [0.05, 0.1) is 6.10 Å². The van der Waals surface area contributed by atoms with E-state index >= 15 is 0 Å². The zero-order valence-electron chi connectivity index (χ0n) is 12.4. The third kappa shape index (κ3) is 3.57. The molecule has 1 unspecified atom stereocenters. The highest BCUT2D eigenvalue weighted by Gasteiger charge is 2.25. The number of β-amino-alcohol motifs (C(OH)–C–C–N with tert-alkyl or cyclic N) is 1. The third-order valence-electron chi connectivity index (χ3n) is 4.40. The predicted octanol–water partition coefficient (Wildman–Crippen LogP) is 2.33. The Bertz CT molecular complexity index is 580. The van der Waals surface area contributed by atoms with Gasteiger partial charge in [0.25, 0.3) is 0 Å². The molecule has 2 aliphatic heterocycles. The lowest BCUT2D eigenvalue weighted by Crippen LogP contribution is -2.42. The Morgan fingerprint density at radius 3 is 2.73 bits per heavy atom. The zero-order chi connectivity index (χ0) is 15.7. The summed E-state index contributed by atoms with van der Waals surface area (Å²) in [6, 6.07) is 3.74. The first-order valence-electron chi connectivity index (χ1n) is 7.68. The van der Waals surface area contributed by atoms with Gasteiger partial charge in [-0.2, -0.15) is 0 Å². The van der Waals surface area contributed by atoms with Crippen LogP contribution in [0.15, 0.2) is 12.1 Å². The number of carbonyl (C=O) groups excluding carboxylic acids is 1. The van der Waals surface area contributed by atoms with E-state index in [1.807, 2.05) is 6.07 Å². The fourth-order valence-electron chi connectivity index (χ4n) is 3.30. The quantitative estimate of drug-likeness (QED) is 0.913. The Balaban J connectivity index is 1.59. The minimum Gasteiger partial charge on any atom is -0.390 e. The number of carbonyl (C=O) groups is 1.